The summed E-state index contributed by atoms with van der Waals surface area (Å²) in [5.74, 6) is 3.61. The van der Waals surface area contributed by atoms with E-state index in [-0.39, 0.29) is 0 Å². The van der Waals surface area contributed by atoms with Gasteiger partial charge in [0, 0.05) is 0 Å². The Kier molecular flexibility index (Phi) is 6.78. The van der Waals surface area contributed by atoms with Crippen molar-refractivity contribution in [1.82, 2.24) is 0 Å². The van der Waals surface area contributed by atoms with Crippen molar-refractivity contribution in [3.63, 3.8) is 0 Å². The molecule has 1 heteroatoms. The minimum Gasteiger partial charge on any atom is -0.494 e. The van der Waals surface area contributed by atoms with E-state index >= 15 is 0 Å². The molecule has 0 aliphatic heterocycles. The Morgan fingerprint density at radius 3 is 2.40 bits per heavy atom. The lowest BCUT2D eigenvalue weighted by Crippen LogP contribution is -2.20. The fourth-order valence-electron chi connectivity index (χ4n) is 4.20. The molecule has 0 heterocycles. The van der Waals surface area contributed by atoms with E-state index in [0.717, 1.165) is 36.5 Å². The van der Waals surface area contributed by atoms with Crippen LogP contribution in [-0.2, 0) is 0 Å². The van der Waals surface area contributed by atoms with E-state index in [1.165, 1.54) is 56.1 Å². The summed E-state index contributed by atoms with van der Waals surface area (Å²) < 4.78 is 5.82. The lowest BCUT2D eigenvalue weighted by Gasteiger charge is -2.32. The van der Waals surface area contributed by atoms with Crippen molar-refractivity contribution >= 4 is 5.57 Å². The monoisotopic (exact) mass is 338 g/mol. The van der Waals surface area contributed by atoms with E-state index < -0.39 is 0 Å². The lowest BCUT2D eigenvalue weighted by atomic mass is 9.74. The van der Waals surface area contributed by atoms with Crippen LogP contribution in [0, 0.1) is 17.8 Å². The topological polar surface area (TPSA) is 9.23 Å². The van der Waals surface area contributed by atoms with Crippen molar-refractivity contribution in [2.75, 3.05) is 6.61 Å². The third-order valence-corrected chi connectivity index (χ3v) is 6.00. The first-order valence-electron chi connectivity index (χ1n) is 10.4. The third-order valence-electron chi connectivity index (χ3n) is 6.00. The molecule has 2 aliphatic carbocycles. The van der Waals surface area contributed by atoms with Crippen LogP contribution in [0.3, 0.4) is 0 Å². The second-order valence-corrected chi connectivity index (χ2v) is 8.02. The second kappa shape index (κ2) is 9.27. The molecule has 0 spiro atoms. The molecule has 1 nitrogen and oxygen atoms in total. The molecule has 1 aromatic carbocycles. The van der Waals surface area contributed by atoms with Crippen LogP contribution in [0.1, 0.15) is 70.8 Å². The normalized spacial score (nSPS) is 26.3. The van der Waals surface area contributed by atoms with Crippen molar-refractivity contribution in [1.29, 1.82) is 0 Å². The SMILES string of the molecule is CCCCCOc1ccc(C2=CCC([C@H]3CC[C@H](C)CC3)C=C2)cc1. The van der Waals surface area contributed by atoms with Gasteiger partial charge in [0.25, 0.3) is 0 Å². The van der Waals surface area contributed by atoms with Gasteiger partial charge in [0.05, 0.1) is 6.61 Å². The number of allylic oxidation sites excluding steroid dienone is 4. The Balaban J connectivity index is 1.50. The smallest absolute Gasteiger partial charge is 0.119 e. The molecule has 3 rings (SSSR count). The maximum absolute atomic E-state index is 5.82. The fourth-order valence-corrected chi connectivity index (χ4v) is 4.20. The molecule has 136 valence electrons. The van der Waals surface area contributed by atoms with E-state index in [4.69, 9.17) is 4.74 Å². The van der Waals surface area contributed by atoms with Gasteiger partial charge >= 0.3 is 0 Å². The molecule has 1 saturated carbocycles. The van der Waals surface area contributed by atoms with E-state index in [1.807, 2.05) is 0 Å². The maximum atomic E-state index is 5.82. The minimum atomic E-state index is 0.762. The predicted octanol–water partition coefficient (Wildman–Crippen LogP) is 7.04. The Labute approximate surface area is 154 Å². The van der Waals surface area contributed by atoms with Crippen molar-refractivity contribution < 1.29 is 4.74 Å². The summed E-state index contributed by atoms with van der Waals surface area (Å²) in [5, 5.41) is 0. The number of ether oxygens (including phenoxy) is 1. The van der Waals surface area contributed by atoms with Crippen molar-refractivity contribution in [3.8, 4) is 5.75 Å². The van der Waals surface area contributed by atoms with Gasteiger partial charge in [-0.3, -0.25) is 0 Å². The molecule has 0 N–H and O–H groups in total. The first-order chi connectivity index (χ1) is 12.3. The molecule has 0 radical (unpaired) electrons. The van der Waals surface area contributed by atoms with Crippen LogP contribution >= 0.6 is 0 Å². The Morgan fingerprint density at radius 1 is 1.00 bits per heavy atom. The Bertz CT molecular complexity index is 573. The second-order valence-electron chi connectivity index (χ2n) is 8.02. The largest absolute Gasteiger partial charge is 0.494 e. The summed E-state index contributed by atoms with van der Waals surface area (Å²) in [6, 6.07) is 8.64. The van der Waals surface area contributed by atoms with Crippen LogP contribution in [0.2, 0.25) is 0 Å². The zero-order valence-corrected chi connectivity index (χ0v) is 16.0. The van der Waals surface area contributed by atoms with Gasteiger partial charge in [-0.1, -0.05) is 69.9 Å². The lowest BCUT2D eigenvalue weighted by molar-refractivity contribution is 0.240. The van der Waals surface area contributed by atoms with E-state index in [0.29, 0.717) is 0 Å². The van der Waals surface area contributed by atoms with Gasteiger partial charge in [-0.25, -0.2) is 0 Å². The van der Waals surface area contributed by atoms with Crippen LogP contribution in [0.25, 0.3) is 5.57 Å². The highest BCUT2D eigenvalue weighted by Crippen LogP contribution is 2.38. The average molecular weight is 339 g/mol. The molecule has 1 aromatic rings. The molecule has 25 heavy (non-hydrogen) atoms. The standard InChI is InChI=1S/C24H34O/c1-3-4-5-18-25-24-16-14-23(15-17-24)22-12-10-21(11-13-22)20-8-6-19(2)7-9-20/h10,12-17,19-21H,3-9,11,18H2,1-2H3/t19-,20-,21?. The highest BCUT2D eigenvalue weighted by atomic mass is 16.5. The van der Waals surface area contributed by atoms with Gasteiger partial charge < -0.3 is 4.74 Å². The summed E-state index contributed by atoms with van der Waals surface area (Å²) in [4.78, 5) is 0. The Hall–Kier alpha value is -1.50. The van der Waals surface area contributed by atoms with Crippen LogP contribution in [0.5, 0.6) is 5.75 Å². The van der Waals surface area contributed by atoms with Gasteiger partial charge in [-0.2, -0.15) is 0 Å². The number of rotatable bonds is 7. The quantitative estimate of drug-likeness (QED) is 0.484. The maximum Gasteiger partial charge on any atom is 0.119 e. The molecule has 2 aliphatic rings. The first kappa shape index (κ1) is 18.3. The molecular weight excluding hydrogens is 304 g/mol. The van der Waals surface area contributed by atoms with Crippen molar-refractivity contribution in [2.45, 2.75) is 65.2 Å². The predicted molar refractivity (Wildman–Crippen MR) is 108 cm³/mol. The number of hydrogen-bond acceptors (Lipinski definition) is 1. The van der Waals surface area contributed by atoms with E-state index in [2.05, 4.69) is 56.3 Å². The van der Waals surface area contributed by atoms with Crippen LogP contribution in [-0.4, -0.2) is 6.61 Å². The van der Waals surface area contributed by atoms with Crippen LogP contribution < -0.4 is 4.74 Å². The molecule has 1 unspecified atom stereocenters. The number of benzene rings is 1. The van der Waals surface area contributed by atoms with E-state index in [9.17, 15) is 0 Å². The van der Waals surface area contributed by atoms with Crippen molar-refractivity contribution in [2.24, 2.45) is 17.8 Å². The summed E-state index contributed by atoms with van der Waals surface area (Å²) >= 11 is 0. The van der Waals surface area contributed by atoms with Gasteiger partial charge in [-0.05, 0) is 66.7 Å². The van der Waals surface area contributed by atoms with Gasteiger partial charge in [0.2, 0.25) is 0 Å². The highest BCUT2D eigenvalue weighted by molar-refractivity contribution is 5.75. The number of hydrogen-bond donors (Lipinski definition) is 0. The molecule has 0 amide bonds. The van der Waals surface area contributed by atoms with E-state index in [1.54, 1.807) is 0 Å². The van der Waals surface area contributed by atoms with Crippen LogP contribution in [0.15, 0.2) is 42.5 Å². The van der Waals surface area contributed by atoms with Crippen LogP contribution in [0.4, 0.5) is 0 Å². The number of unbranched alkanes of at least 4 members (excludes halogenated alkanes) is 2. The summed E-state index contributed by atoms with van der Waals surface area (Å²) in [6.45, 7) is 5.46. The highest BCUT2D eigenvalue weighted by Gasteiger charge is 2.25. The summed E-state index contributed by atoms with van der Waals surface area (Å²) in [5.41, 5.74) is 2.69. The molecule has 0 bridgehead atoms. The fraction of sp³-hybridized carbons (Fsp3) is 0.583. The molecule has 0 aromatic heterocycles. The zero-order valence-electron chi connectivity index (χ0n) is 16.0. The average Bonchev–Trinajstić information content (AvgIpc) is 2.67. The van der Waals surface area contributed by atoms with Gasteiger partial charge in [0.15, 0.2) is 0 Å². The van der Waals surface area contributed by atoms with Crippen molar-refractivity contribution in [3.05, 3.63) is 48.1 Å². The summed E-state index contributed by atoms with van der Waals surface area (Å²) in [7, 11) is 0. The molecular formula is C24H34O. The van der Waals surface area contributed by atoms with Gasteiger partial charge in [-0.15, -0.1) is 0 Å². The van der Waals surface area contributed by atoms with Gasteiger partial charge in [0.1, 0.15) is 5.75 Å². The zero-order chi connectivity index (χ0) is 17.5. The minimum absolute atomic E-state index is 0.762. The molecule has 1 fully saturated rings. The first-order valence-corrected chi connectivity index (χ1v) is 10.4. The summed E-state index contributed by atoms with van der Waals surface area (Å²) in [6.07, 6.45) is 17.8. The molecule has 1 atom stereocenters. The molecule has 0 saturated heterocycles. The third kappa shape index (κ3) is 5.23. The Morgan fingerprint density at radius 2 is 1.76 bits per heavy atom.